The number of rotatable bonds is 3. The number of allylic oxidation sites excluding steroid dienone is 2. The molecule has 2 saturated heterocycles. The van der Waals surface area contributed by atoms with Crippen LogP contribution in [0.15, 0.2) is 28.9 Å². The lowest BCUT2D eigenvalue weighted by Gasteiger charge is -2.16. The van der Waals surface area contributed by atoms with Gasteiger partial charge < -0.3 is 25.1 Å². The fraction of sp³-hybridized carbons (Fsp3) is 0.545. The maximum Gasteiger partial charge on any atom is 0.287 e. The second kappa shape index (κ2) is 5.71. The van der Waals surface area contributed by atoms with E-state index in [9.17, 15) is 5.11 Å². The van der Waals surface area contributed by atoms with E-state index < -0.39 is 6.10 Å². The summed E-state index contributed by atoms with van der Waals surface area (Å²) in [5.74, 6) is 0. The van der Waals surface area contributed by atoms with Crippen LogP contribution in [-0.2, 0) is 14.2 Å². The molecule has 2 aliphatic heterocycles. The molecule has 0 unspecified atom stereocenters. The Balaban J connectivity index is 1.88. The third-order valence-corrected chi connectivity index (χ3v) is 2.84. The summed E-state index contributed by atoms with van der Waals surface area (Å²) in [6, 6.07) is -0.0107. The molecule has 6 nitrogen and oxygen atoms in total. The third kappa shape index (κ3) is 3.02. The van der Waals surface area contributed by atoms with E-state index in [4.69, 9.17) is 31.5 Å². The predicted molar refractivity (Wildman–Crippen MR) is 66.1 cm³/mol. The summed E-state index contributed by atoms with van der Waals surface area (Å²) >= 11 is 5.52. The van der Waals surface area contributed by atoms with Crippen molar-refractivity contribution in [2.24, 2.45) is 10.7 Å². The van der Waals surface area contributed by atoms with Gasteiger partial charge in [0.1, 0.15) is 18.3 Å². The van der Waals surface area contributed by atoms with Gasteiger partial charge in [0.25, 0.3) is 6.02 Å². The summed E-state index contributed by atoms with van der Waals surface area (Å²) in [4.78, 5) is 3.83. The van der Waals surface area contributed by atoms with E-state index in [-0.39, 0.29) is 30.9 Å². The molecule has 0 saturated carbocycles. The van der Waals surface area contributed by atoms with E-state index in [1.165, 1.54) is 12.3 Å². The Bertz CT molecular complexity index is 385. The molecule has 18 heavy (non-hydrogen) atoms. The minimum atomic E-state index is -0.610. The number of aliphatic hydroxyl groups is 1. The third-order valence-electron chi connectivity index (χ3n) is 2.71. The Labute approximate surface area is 110 Å². The van der Waals surface area contributed by atoms with Gasteiger partial charge in [0.2, 0.25) is 0 Å². The van der Waals surface area contributed by atoms with Gasteiger partial charge in [-0.2, -0.15) is 0 Å². The molecule has 4 atom stereocenters. The van der Waals surface area contributed by atoms with Gasteiger partial charge in [0.15, 0.2) is 6.10 Å². The molecule has 0 aromatic carbocycles. The highest BCUT2D eigenvalue weighted by Gasteiger charge is 2.48. The molecule has 7 heteroatoms. The van der Waals surface area contributed by atoms with Crippen molar-refractivity contribution < 1.29 is 19.3 Å². The van der Waals surface area contributed by atoms with Crippen LogP contribution in [0, 0.1) is 0 Å². The fourth-order valence-corrected chi connectivity index (χ4v) is 1.98. The average Bonchev–Trinajstić information content (AvgIpc) is 2.83. The van der Waals surface area contributed by atoms with Gasteiger partial charge in [0, 0.05) is 11.2 Å². The van der Waals surface area contributed by atoms with Crippen LogP contribution < -0.4 is 5.73 Å². The molecule has 0 aliphatic carbocycles. The Kier molecular flexibility index (Phi) is 4.23. The average molecular weight is 275 g/mol. The quantitative estimate of drug-likeness (QED) is 0.433. The molecule has 2 rings (SSSR count). The Morgan fingerprint density at radius 1 is 1.44 bits per heavy atom. The van der Waals surface area contributed by atoms with Crippen LogP contribution in [0.5, 0.6) is 0 Å². The number of nitrogens with zero attached hydrogens (tertiary/aromatic N) is 1. The van der Waals surface area contributed by atoms with E-state index in [2.05, 4.69) is 11.6 Å². The van der Waals surface area contributed by atoms with Gasteiger partial charge in [-0.25, -0.2) is 4.99 Å². The van der Waals surface area contributed by atoms with E-state index in [1.54, 1.807) is 0 Å². The number of ether oxygens (including phenoxy) is 3. The van der Waals surface area contributed by atoms with Crippen LogP contribution in [0.1, 0.15) is 0 Å². The van der Waals surface area contributed by atoms with Crippen molar-refractivity contribution in [3.63, 3.8) is 0 Å². The van der Waals surface area contributed by atoms with Gasteiger partial charge >= 0.3 is 0 Å². The maximum absolute atomic E-state index is 9.55. The van der Waals surface area contributed by atoms with Crippen LogP contribution in [0.3, 0.4) is 0 Å². The van der Waals surface area contributed by atoms with Crippen molar-refractivity contribution in [1.82, 2.24) is 0 Å². The van der Waals surface area contributed by atoms with Crippen molar-refractivity contribution in [3.8, 4) is 0 Å². The molecule has 100 valence electrons. The first-order valence-corrected chi connectivity index (χ1v) is 5.88. The number of fused-ring (bicyclic) bond motifs is 1. The summed E-state index contributed by atoms with van der Waals surface area (Å²) in [5.41, 5.74) is 5.59. The van der Waals surface area contributed by atoms with Crippen LogP contribution in [0.25, 0.3) is 0 Å². The number of hydrogen-bond donors (Lipinski definition) is 2. The van der Waals surface area contributed by atoms with Gasteiger partial charge in [0.05, 0.1) is 13.2 Å². The number of halogens is 1. The molecule has 0 radical (unpaired) electrons. The summed E-state index contributed by atoms with van der Waals surface area (Å²) < 4.78 is 16.2. The first-order valence-electron chi connectivity index (χ1n) is 5.50. The summed E-state index contributed by atoms with van der Waals surface area (Å²) in [6.07, 6.45) is 1.26. The van der Waals surface area contributed by atoms with Crippen molar-refractivity contribution in [1.29, 1.82) is 0 Å². The number of amidine groups is 1. The molecule has 0 aromatic heterocycles. The summed E-state index contributed by atoms with van der Waals surface area (Å²) in [5, 5.41) is 9.90. The minimum absolute atomic E-state index is 0.0107. The highest BCUT2D eigenvalue weighted by molar-refractivity contribution is 6.30. The minimum Gasteiger partial charge on any atom is -0.457 e. The van der Waals surface area contributed by atoms with Crippen molar-refractivity contribution in [2.45, 2.75) is 24.4 Å². The van der Waals surface area contributed by atoms with Gasteiger partial charge in [-0.15, -0.1) is 0 Å². The topological polar surface area (TPSA) is 86.3 Å². The predicted octanol–water partition coefficient (Wildman–Crippen LogP) is 0.111. The standard InChI is InChI=1S/C11H15ClN2O4/c1-6(12)2-3-14-11(13)18-8-5-17-9-7(15)4-16-10(8)9/h2-3,7-10,15H,1,4-5H2,(H2,13,14)/b3-2+/t7-,8-,9-,10-/m1/s1. The smallest absolute Gasteiger partial charge is 0.287 e. The number of nitrogens with two attached hydrogens (primary N) is 1. The molecule has 0 spiro atoms. The second-order valence-corrected chi connectivity index (χ2v) is 4.53. The zero-order valence-corrected chi connectivity index (χ0v) is 10.4. The molecule has 3 N–H and O–H groups in total. The monoisotopic (exact) mass is 274 g/mol. The highest BCUT2D eigenvalue weighted by Crippen LogP contribution is 2.28. The molecular weight excluding hydrogens is 260 g/mol. The number of aliphatic hydroxyl groups excluding tert-OH is 1. The van der Waals surface area contributed by atoms with Gasteiger partial charge in [-0.05, 0) is 6.08 Å². The van der Waals surface area contributed by atoms with Crippen molar-refractivity contribution in [3.05, 3.63) is 23.9 Å². The summed E-state index contributed by atoms with van der Waals surface area (Å²) in [7, 11) is 0. The first kappa shape index (κ1) is 13.4. The molecule has 0 bridgehead atoms. The molecule has 2 fully saturated rings. The number of hydrogen-bond acceptors (Lipinski definition) is 5. The normalized spacial score (nSPS) is 36.0. The van der Waals surface area contributed by atoms with Crippen LogP contribution in [0.4, 0.5) is 0 Å². The highest BCUT2D eigenvalue weighted by atomic mass is 35.5. The van der Waals surface area contributed by atoms with Crippen LogP contribution >= 0.6 is 11.6 Å². The molecule has 2 aliphatic rings. The lowest BCUT2D eigenvalue weighted by Crippen LogP contribution is -2.36. The maximum atomic E-state index is 9.55. The lowest BCUT2D eigenvalue weighted by atomic mass is 10.1. The van der Waals surface area contributed by atoms with E-state index in [0.29, 0.717) is 11.6 Å². The second-order valence-electron chi connectivity index (χ2n) is 4.05. The first-order chi connectivity index (χ1) is 8.58. The van der Waals surface area contributed by atoms with Crippen molar-refractivity contribution >= 4 is 17.6 Å². The van der Waals surface area contributed by atoms with Crippen molar-refractivity contribution in [2.75, 3.05) is 13.2 Å². The Morgan fingerprint density at radius 3 is 2.89 bits per heavy atom. The van der Waals surface area contributed by atoms with Crippen LogP contribution in [0.2, 0.25) is 0 Å². The van der Waals surface area contributed by atoms with E-state index >= 15 is 0 Å². The van der Waals surface area contributed by atoms with E-state index in [0.717, 1.165) is 0 Å². The zero-order chi connectivity index (χ0) is 13.1. The Hall–Kier alpha value is -1.08. The zero-order valence-electron chi connectivity index (χ0n) is 9.66. The molecule has 2 heterocycles. The SMILES string of the molecule is C=C(Cl)/C=C/N=C(N)O[C@@H]1CO[C@H]2[C@@H]1OC[C@H]2O. The Morgan fingerprint density at radius 2 is 2.17 bits per heavy atom. The molecule has 0 aromatic rings. The van der Waals surface area contributed by atoms with Gasteiger partial charge in [-0.3, -0.25) is 0 Å². The number of aliphatic imine (C=N–C) groups is 1. The largest absolute Gasteiger partial charge is 0.457 e. The lowest BCUT2D eigenvalue weighted by molar-refractivity contribution is 0.00557. The van der Waals surface area contributed by atoms with E-state index in [1.807, 2.05) is 0 Å². The summed E-state index contributed by atoms with van der Waals surface area (Å²) in [6.45, 7) is 4.03. The van der Waals surface area contributed by atoms with Crippen LogP contribution in [-0.4, -0.2) is 48.8 Å². The molecular formula is C11H15ClN2O4. The molecule has 0 amide bonds. The fourth-order valence-electron chi connectivity index (χ4n) is 1.92. The van der Waals surface area contributed by atoms with Gasteiger partial charge in [-0.1, -0.05) is 18.2 Å².